The van der Waals surface area contributed by atoms with Crippen LogP contribution in [0.15, 0.2) is 71.2 Å². The number of aromatic nitrogens is 1. The highest BCUT2D eigenvalue weighted by Crippen LogP contribution is 2.51. The molecule has 0 fully saturated rings. The third kappa shape index (κ3) is 3.80. The van der Waals surface area contributed by atoms with E-state index in [9.17, 15) is 9.59 Å². The van der Waals surface area contributed by atoms with Crippen molar-refractivity contribution >= 4 is 23.3 Å². The van der Waals surface area contributed by atoms with Gasteiger partial charge in [-0.1, -0.05) is 60.2 Å². The van der Waals surface area contributed by atoms with E-state index in [4.69, 9.17) is 14.5 Å². The maximum absolute atomic E-state index is 13.8. The second kappa shape index (κ2) is 9.43. The van der Waals surface area contributed by atoms with E-state index in [1.807, 2.05) is 80.7 Å². The quantitative estimate of drug-likeness (QED) is 0.536. The number of methoxy groups -OCH3 is 2. The average Bonchev–Trinajstić information content (AvgIpc) is 3.34. The molecule has 0 saturated heterocycles. The fraction of sp³-hybridized carbons (Fsp3) is 0.296. The molecule has 0 bridgehead atoms. The van der Waals surface area contributed by atoms with Gasteiger partial charge in [0.15, 0.2) is 5.41 Å². The lowest BCUT2D eigenvalue weighted by atomic mass is 9.62. The third-order valence-electron chi connectivity index (χ3n) is 6.53. The molecule has 1 N–H and O–H groups in total. The monoisotopic (exact) mass is 476 g/mol. The molecule has 6 nitrogen and oxygen atoms in total. The first-order valence-corrected chi connectivity index (χ1v) is 11.9. The highest BCUT2D eigenvalue weighted by atomic mass is 32.1. The second-order valence-electron chi connectivity index (χ2n) is 8.50. The Morgan fingerprint density at radius 3 is 2.29 bits per heavy atom. The molecule has 3 aromatic rings. The van der Waals surface area contributed by atoms with Gasteiger partial charge in [-0.3, -0.25) is 4.79 Å². The van der Waals surface area contributed by atoms with E-state index in [2.05, 4.69) is 5.32 Å². The van der Waals surface area contributed by atoms with Gasteiger partial charge in [0.1, 0.15) is 5.01 Å². The number of rotatable bonds is 5. The minimum Gasteiger partial charge on any atom is -0.468 e. The normalized spacial score (nSPS) is 22.1. The van der Waals surface area contributed by atoms with Crippen LogP contribution in [0, 0.1) is 6.92 Å². The standard InChI is InChI=1S/C27H28N2O4S/c1-16-11-13-19(14-12-16)21-15-34-25(29-21)27(26(31)33-5)18(3)28-17(2)22(24(30)32-4)23(27)20-9-7-6-8-10-20/h6-15,18,23,28H,1-5H3. The fourth-order valence-electron chi connectivity index (χ4n) is 4.85. The summed E-state index contributed by atoms with van der Waals surface area (Å²) in [5.41, 5.74) is 3.48. The molecule has 1 aliphatic heterocycles. The van der Waals surface area contributed by atoms with Gasteiger partial charge in [-0.05, 0) is 26.3 Å². The minimum absolute atomic E-state index is 0.393. The first kappa shape index (κ1) is 23.7. The van der Waals surface area contributed by atoms with Crippen molar-refractivity contribution in [3.63, 3.8) is 0 Å². The van der Waals surface area contributed by atoms with Crippen molar-refractivity contribution in [2.24, 2.45) is 0 Å². The highest BCUT2D eigenvalue weighted by Gasteiger charge is 2.60. The van der Waals surface area contributed by atoms with Gasteiger partial charge in [-0.15, -0.1) is 11.3 Å². The Labute approximate surface area is 203 Å². The number of benzene rings is 2. The molecule has 0 spiro atoms. The molecule has 1 aliphatic rings. The van der Waals surface area contributed by atoms with Crippen LogP contribution < -0.4 is 5.32 Å². The zero-order valence-electron chi connectivity index (χ0n) is 19.9. The smallest absolute Gasteiger partial charge is 0.336 e. The van der Waals surface area contributed by atoms with Crippen LogP contribution in [0.4, 0.5) is 0 Å². The van der Waals surface area contributed by atoms with E-state index in [0.717, 1.165) is 22.4 Å². The van der Waals surface area contributed by atoms with Crippen molar-refractivity contribution in [3.05, 3.63) is 87.4 Å². The molecule has 0 saturated carbocycles. The lowest BCUT2D eigenvalue weighted by Gasteiger charge is -2.46. The number of thiazole rings is 1. The predicted molar refractivity (Wildman–Crippen MR) is 132 cm³/mol. The van der Waals surface area contributed by atoms with Gasteiger partial charge in [-0.25, -0.2) is 9.78 Å². The summed E-state index contributed by atoms with van der Waals surface area (Å²) in [7, 11) is 2.72. The van der Waals surface area contributed by atoms with Crippen LogP contribution in [0.5, 0.6) is 0 Å². The van der Waals surface area contributed by atoms with Crippen molar-refractivity contribution < 1.29 is 19.1 Å². The summed E-state index contributed by atoms with van der Waals surface area (Å²) < 4.78 is 10.6. The molecule has 176 valence electrons. The molecule has 4 rings (SSSR count). The van der Waals surface area contributed by atoms with Gasteiger partial charge in [0.05, 0.1) is 25.5 Å². The summed E-state index contributed by atoms with van der Waals surface area (Å²) in [6, 6.07) is 17.2. The summed E-state index contributed by atoms with van der Waals surface area (Å²) in [4.78, 5) is 31.8. The van der Waals surface area contributed by atoms with Crippen molar-refractivity contribution in [2.45, 2.75) is 38.1 Å². The zero-order valence-corrected chi connectivity index (χ0v) is 20.7. The molecule has 3 atom stereocenters. The predicted octanol–water partition coefficient (Wildman–Crippen LogP) is 4.75. The van der Waals surface area contributed by atoms with E-state index in [-0.39, 0.29) is 0 Å². The summed E-state index contributed by atoms with van der Waals surface area (Å²) in [6.45, 7) is 5.79. The zero-order chi connectivity index (χ0) is 24.5. The number of hydrogen-bond donors (Lipinski definition) is 1. The maximum atomic E-state index is 13.8. The molecule has 34 heavy (non-hydrogen) atoms. The Balaban J connectivity index is 2.00. The van der Waals surface area contributed by atoms with Gasteiger partial charge >= 0.3 is 11.9 Å². The van der Waals surface area contributed by atoms with Crippen LogP contribution in [-0.4, -0.2) is 37.2 Å². The van der Waals surface area contributed by atoms with Crippen molar-refractivity contribution in [1.29, 1.82) is 0 Å². The Morgan fingerprint density at radius 2 is 1.68 bits per heavy atom. The molecule has 1 aromatic heterocycles. The highest BCUT2D eigenvalue weighted by molar-refractivity contribution is 7.10. The SMILES string of the molecule is COC(=O)C1=C(C)NC(C)C(C(=O)OC)(c2nc(-c3ccc(C)cc3)cs2)C1c1ccccc1. The van der Waals surface area contributed by atoms with Crippen molar-refractivity contribution in [2.75, 3.05) is 14.2 Å². The van der Waals surface area contributed by atoms with Crippen LogP contribution in [0.2, 0.25) is 0 Å². The first-order valence-electron chi connectivity index (χ1n) is 11.1. The van der Waals surface area contributed by atoms with Crippen molar-refractivity contribution in [1.82, 2.24) is 10.3 Å². The molecule has 0 amide bonds. The molecule has 0 radical (unpaired) electrons. The van der Waals surface area contributed by atoms with Crippen LogP contribution in [-0.2, 0) is 24.5 Å². The van der Waals surface area contributed by atoms with Gasteiger partial charge in [0.25, 0.3) is 0 Å². The number of esters is 2. The number of ether oxygens (including phenoxy) is 2. The lowest BCUT2D eigenvalue weighted by Crippen LogP contribution is -2.60. The Bertz CT molecular complexity index is 1230. The molecular formula is C27H28N2O4S. The average molecular weight is 477 g/mol. The summed E-state index contributed by atoms with van der Waals surface area (Å²) in [6.07, 6.45) is 0. The number of carbonyl (C=O) groups excluding carboxylic acids is 2. The van der Waals surface area contributed by atoms with Gasteiger partial charge in [0, 0.05) is 28.6 Å². The number of nitrogens with zero attached hydrogens (tertiary/aromatic N) is 1. The summed E-state index contributed by atoms with van der Waals surface area (Å²) >= 11 is 1.40. The number of nitrogens with one attached hydrogen (secondary N) is 1. The topological polar surface area (TPSA) is 77.5 Å². The number of carbonyl (C=O) groups is 2. The van der Waals surface area contributed by atoms with E-state index in [1.165, 1.54) is 25.6 Å². The second-order valence-corrected chi connectivity index (χ2v) is 9.36. The lowest BCUT2D eigenvalue weighted by molar-refractivity contribution is -0.150. The molecule has 2 heterocycles. The van der Waals surface area contributed by atoms with Gasteiger partial charge in [0.2, 0.25) is 0 Å². The molecule has 0 aliphatic carbocycles. The van der Waals surface area contributed by atoms with Gasteiger partial charge in [-0.2, -0.15) is 0 Å². The molecule has 7 heteroatoms. The number of hydrogen-bond acceptors (Lipinski definition) is 7. The minimum atomic E-state index is -1.28. The fourth-order valence-corrected chi connectivity index (χ4v) is 5.98. The first-order chi connectivity index (χ1) is 16.3. The largest absolute Gasteiger partial charge is 0.468 e. The van der Waals surface area contributed by atoms with E-state index < -0.39 is 29.3 Å². The van der Waals surface area contributed by atoms with Gasteiger partial charge < -0.3 is 14.8 Å². The van der Waals surface area contributed by atoms with E-state index >= 15 is 0 Å². The number of allylic oxidation sites excluding steroid dienone is 1. The molecular weight excluding hydrogens is 448 g/mol. The van der Waals surface area contributed by atoms with Crippen LogP contribution >= 0.6 is 11.3 Å². The number of aryl methyl sites for hydroxylation is 1. The molecule has 3 unspecified atom stereocenters. The van der Waals surface area contributed by atoms with E-state index in [0.29, 0.717) is 16.3 Å². The van der Waals surface area contributed by atoms with E-state index in [1.54, 1.807) is 0 Å². The van der Waals surface area contributed by atoms with Crippen LogP contribution in [0.25, 0.3) is 11.3 Å². The van der Waals surface area contributed by atoms with Crippen LogP contribution in [0.3, 0.4) is 0 Å². The van der Waals surface area contributed by atoms with Crippen molar-refractivity contribution in [3.8, 4) is 11.3 Å². The summed E-state index contributed by atoms with van der Waals surface area (Å²) in [5, 5.41) is 5.88. The molecule has 2 aromatic carbocycles. The maximum Gasteiger partial charge on any atom is 0.336 e. The van der Waals surface area contributed by atoms with Crippen LogP contribution in [0.1, 0.15) is 35.9 Å². The Kier molecular flexibility index (Phi) is 6.57. The third-order valence-corrected chi connectivity index (χ3v) is 7.52. The Morgan fingerprint density at radius 1 is 1.00 bits per heavy atom. The summed E-state index contributed by atoms with van der Waals surface area (Å²) in [5.74, 6) is -1.60. The Hall–Kier alpha value is -3.45.